The maximum absolute atomic E-state index is 11.6. The van der Waals surface area contributed by atoms with Gasteiger partial charge in [-0.3, -0.25) is 9.59 Å². The number of hydrogen-bond donors (Lipinski definition) is 0. The van der Waals surface area contributed by atoms with Gasteiger partial charge in [0.1, 0.15) is 11.6 Å². The van der Waals surface area contributed by atoms with Crippen LogP contribution in [0, 0.1) is 35.5 Å². The van der Waals surface area contributed by atoms with Crippen molar-refractivity contribution in [1.82, 2.24) is 0 Å². The topological polar surface area (TPSA) is 34.1 Å². The van der Waals surface area contributed by atoms with Gasteiger partial charge in [-0.25, -0.2) is 0 Å². The Morgan fingerprint density at radius 3 is 1.77 bits per heavy atom. The summed E-state index contributed by atoms with van der Waals surface area (Å²) >= 11 is 0. The van der Waals surface area contributed by atoms with Gasteiger partial charge < -0.3 is 0 Å². The van der Waals surface area contributed by atoms with Gasteiger partial charge in [-0.05, 0) is 30.1 Å². The van der Waals surface area contributed by atoms with Gasteiger partial charge in [0.15, 0.2) is 0 Å². The molecular formula is C11H12O2. The molecule has 4 rings (SSSR count). The summed E-state index contributed by atoms with van der Waals surface area (Å²) in [6, 6.07) is 0. The lowest BCUT2D eigenvalue weighted by Gasteiger charge is -2.42. The highest BCUT2D eigenvalue weighted by Gasteiger charge is 2.71. The van der Waals surface area contributed by atoms with Crippen LogP contribution >= 0.6 is 0 Å². The van der Waals surface area contributed by atoms with E-state index in [0.717, 1.165) is 12.8 Å². The molecule has 4 saturated carbocycles. The monoisotopic (exact) mass is 176 g/mol. The smallest absolute Gasteiger partial charge is 0.137 e. The Bertz CT molecular complexity index is 301. The number of carbonyl (C=O) groups is 2. The first-order valence-corrected chi connectivity index (χ1v) is 5.33. The highest BCUT2D eigenvalue weighted by atomic mass is 16.1. The van der Waals surface area contributed by atoms with E-state index in [-0.39, 0.29) is 11.8 Å². The number of ketones is 2. The summed E-state index contributed by atoms with van der Waals surface area (Å²) in [4.78, 5) is 23.2. The molecule has 0 radical (unpaired) electrons. The molecule has 0 saturated heterocycles. The zero-order chi connectivity index (χ0) is 8.74. The molecule has 0 aliphatic heterocycles. The average molecular weight is 176 g/mol. The van der Waals surface area contributed by atoms with Crippen molar-refractivity contribution in [3.8, 4) is 0 Å². The minimum absolute atomic E-state index is 0.190. The van der Waals surface area contributed by atoms with Crippen LogP contribution in [-0.4, -0.2) is 11.6 Å². The molecule has 0 bridgehead atoms. The van der Waals surface area contributed by atoms with Gasteiger partial charge in [-0.15, -0.1) is 0 Å². The second kappa shape index (κ2) is 1.75. The lowest BCUT2D eigenvalue weighted by atomic mass is 9.59. The van der Waals surface area contributed by atoms with Crippen molar-refractivity contribution in [2.75, 3.05) is 0 Å². The molecule has 4 aliphatic carbocycles. The molecule has 2 nitrogen and oxygen atoms in total. The second-order valence-electron chi connectivity index (χ2n) is 5.30. The predicted octanol–water partition coefficient (Wildman–Crippen LogP) is 1.05. The largest absolute Gasteiger partial charge is 0.299 e. The molecule has 2 heteroatoms. The zero-order valence-electron chi connectivity index (χ0n) is 7.40. The quantitative estimate of drug-likeness (QED) is 0.552. The SMILES string of the molecule is O=C1C[C@@H]2C[C@H]3CC(=O)[C@H]4[C@@H]1[C@@H]2[C@H]34. The summed E-state index contributed by atoms with van der Waals surface area (Å²) in [6.45, 7) is 0. The third kappa shape index (κ3) is 0.527. The van der Waals surface area contributed by atoms with Crippen LogP contribution in [-0.2, 0) is 9.59 Å². The van der Waals surface area contributed by atoms with Gasteiger partial charge >= 0.3 is 0 Å². The van der Waals surface area contributed by atoms with E-state index in [1.807, 2.05) is 0 Å². The van der Waals surface area contributed by atoms with E-state index in [1.165, 1.54) is 6.42 Å². The zero-order valence-corrected chi connectivity index (χ0v) is 7.40. The van der Waals surface area contributed by atoms with Crippen molar-refractivity contribution < 1.29 is 9.59 Å². The molecule has 0 heterocycles. The number of hydrogen-bond acceptors (Lipinski definition) is 2. The summed E-state index contributed by atoms with van der Waals surface area (Å²) < 4.78 is 0. The van der Waals surface area contributed by atoms with Gasteiger partial charge in [0.05, 0.1) is 0 Å². The molecule has 68 valence electrons. The molecular weight excluding hydrogens is 164 g/mol. The van der Waals surface area contributed by atoms with Crippen molar-refractivity contribution in [2.45, 2.75) is 19.3 Å². The molecule has 13 heavy (non-hydrogen) atoms. The third-order valence-electron chi connectivity index (χ3n) is 5.03. The summed E-state index contributed by atoms with van der Waals surface area (Å²) in [5.41, 5.74) is 0. The number of carbonyl (C=O) groups excluding carboxylic acids is 2. The molecule has 0 aromatic heterocycles. The van der Waals surface area contributed by atoms with Crippen molar-refractivity contribution in [3.63, 3.8) is 0 Å². The summed E-state index contributed by atoms with van der Waals surface area (Å²) in [5, 5.41) is 0. The Hall–Kier alpha value is -0.660. The van der Waals surface area contributed by atoms with E-state index < -0.39 is 0 Å². The fraction of sp³-hybridized carbons (Fsp3) is 0.818. The van der Waals surface area contributed by atoms with Gasteiger partial charge in [0.25, 0.3) is 0 Å². The van der Waals surface area contributed by atoms with Crippen LogP contribution in [0.1, 0.15) is 19.3 Å². The number of rotatable bonds is 0. The van der Waals surface area contributed by atoms with Gasteiger partial charge in [-0.2, -0.15) is 0 Å². The van der Waals surface area contributed by atoms with Crippen LogP contribution < -0.4 is 0 Å². The van der Waals surface area contributed by atoms with Crippen molar-refractivity contribution in [2.24, 2.45) is 35.5 Å². The Morgan fingerprint density at radius 1 is 0.846 bits per heavy atom. The summed E-state index contributed by atoms with van der Waals surface area (Å²) in [7, 11) is 0. The van der Waals surface area contributed by atoms with E-state index in [2.05, 4.69) is 0 Å². The van der Waals surface area contributed by atoms with E-state index in [0.29, 0.717) is 35.2 Å². The standard InChI is InChI=1S/C11H12O2/c12-6-2-4-1-5-3-7(13)11-9(5)8(4)10(6)11/h4-5,8-11H,1-3H2/t4-,5-,8-,9-,10-,11+/m0/s1. The fourth-order valence-corrected chi connectivity index (χ4v) is 4.79. The van der Waals surface area contributed by atoms with E-state index >= 15 is 0 Å². The summed E-state index contributed by atoms with van der Waals surface area (Å²) in [5.74, 6) is 3.84. The maximum atomic E-state index is 11.6. The first-order chi connectivity index (χ1) is 6.27. The molecule has 0 spiro atoms. The molecule has 4 aliphatic rings. The summed E-state index contributed by atoms with van der Waals surface area (Å²) in [6.07, 6.45) is 2.78. The van der Waals surface area contributed by atoms with Gasteiger partial charge in [0.2, 0.25) is 0 Å². The van der Waals surface area contributed by atoms with Crippen molar-refractivity contribution in [1.29, 1.82) is 0 Å². The lowest BCUT2D eigenvalue weighted by molar-refractivity contribution is -0.139. The maximum Gasteiger partial charge on any atom is 0.137 e. The second-order valence-corrected chi connectivity index (χ2v) is 5.30. The number of Topliss-reactive ketones (excluding diaryl/α,β-unsaturated/α-hetero) is 2. The molecule has 0 aromatic carbocycles. The Balaban J connectivity index is 1.86. The molecule has 0 unspecified atom stereocenters. The third-order valence-corrected chi connectivity index (χ3v) is 5.03. The highest BCUT2D eigenvalue weighted by molar-refractivity contribution is 5.96. The van der Waals surface area contributed by atoms with Crippen LogP contribution in [0.25, 0.3) is 0 Å². The number of fused-ring (bicyclic) bond motifs is 1. The molecule has 6 atom stereocenters. The Labute approximate surface area is 76.7 Å². The van der Waals surface area contributed by atoms with Gasteiger partial charge in [0, 0.05) is 24.7 Å². The van der Waals surface area contributed by atoms with Crippen LogP contribution in [0.5, 0.6) is 0 Å². The lowest BCUT2D eigenvalue weighted by Crippen LogP contribution is -2.46. The first-order valence-electron chi connectivity index (χ1n) is 5.33. The van der Waals surface area contributed by atoms with Crippen molar-refractivity contribution in [3.05, 3.63) is 0 Å². The fourth-order valence-electron chi connectivity index (χ4n) is 4.79. The molecule has 0 amide bonds. The molecule has 4 fully saturated rings. The highest BCUT2D eigenvalue weighted by Crippen LogP contribution is 2.69. The Kier molecular flexibility index (Phi) is 0.907. The van der Waals surface area contributed by atoms with Crippen LogP contribution in [0.4, 0.5) is 0 Å². The predicted molar refractivity (Wildman–Crippen MR) is 44.8 cm³/mol. The average Bonchev–Trinajstić information content (AvgIpc) is 2.40. The van der Waals surface area contributed by atoms with Gasteiger partial charge in [-0.1, -0.05) is 0 Å². The van der Waals surface area contributed by atoms with Crippen LogP contribution in [0.3, 0.4) is 0 Å². The minimum Gasteiger partial charge on any atom is -0.299 e. The van der Waals surface area contributed by atoms with E-state index in [9.17, 15) is 9.59 Å². The first kappa shape index (κ1) is 6.74. The van der Waals surface area contributed by atoms with Crippen LogP contribution in [0.2, 0.25) is 0 Å². The van der Waals surface area contributed by atoms with E-state index in [1.54, 1.807) is 0 Å². The molecule has 0 aromatic rings. The van der Waals surface area contributed by atoms with Crippen molar-refractivity contribution >= 4 is 11.6 Å². The molecule has 0 N–H and O–H groups in total. The Morgan fingerprint density at radius 2 is 1.31 bits per heavy atom. The normalized spacial score (nSPS) is 61.2. The van der Waals surface area contributed by atoms with E-state index in [4.69, 9.17) is 0 Å². The minimum atomic E-state index is 0.190. The van der Waals surface area contributed by atoms with Crippen LogP contribution in [0.15, 0.2) is 0 Å².